The number of rotatable bonds is 3. The molecule has 0 fully saturated rings. The molecular weight excluding hydrogens is 204 g/mol. The van der Waals surface area contributed by atoms with Gasteiger partial charge in [-0.1, -0.05) is 74.4 Å². The molecule has 0 aromatic heterocycles. The smallest absolute Gasteiger partial charge is 0.0222 e. The van der Waals surface area contributed by atoms with Crippen molar-refractivity contribution in [2.24, 2.45) is 5.92 Å². The summed E-state index contributed by atoms with van der Waals surface area (Å²) in [7, 11) is 0. The Bertz CT molecular complexity index is 425. The van der Waals surface area contributed by atoms with Gasteiger partial charge in [-0.2, -0.15) is 0 Å². The minimum absolute atomic E-state index is 0.213. The molecule has 90 valence electrons. The molecule has 0 saturated heterocycles. The first-order chi connectivity index (χ1) is 8.21. The second-order valence-electron chi connectivity index (χ2n) is 5.11. The van der Waals surface area contributed by atoms with Gasteiger partial charge in [-0.3, -0.25) is 0 Å². The molecule has 1 aromatic carbocycles. The lowest BCUT2D eigenvalue weighted by Gasteiger charge is -2.41. The van der Waals surface area contributed by atoms with Crippen molar-refractivity contribution in [2.45, 2.75) is 39.0 Å². The summed E-state index contributed by atoms with van der Waals surface area (Å²) in [6.45, 7) is 6.90. The zero-order valence-corrected chi connectivity index (χ0v) is 11.1. The third-order valence-corrected chi connectivity index (χ3v) is 4.16. The largest absolute Gasteiger partial charge is 0.0805 e. The highest BCUT2D eigenvalue weighted by Crippen LogP contribution is 2.45. The van der Waals surface area contributed by atoms with Gasteiger partial charge in [0.05, 0.1) is 0 Å². The maximum absolute atomic E-state index is 2.34. The van der Waals surface area contributed by atoms with Crippen LogP contribution in [0.2, 0.25) is 0 Å². The average molecular weight is 226 g/mol. The predicted molar refractivity (Wildman–Crippen MR) is 75.1 cm³/mol. The highest BCUT2D eigenvalue weighted by molar-refractivity contribution is 5.42. The molecule has 0 heterocycles. The molecule has 0 bridgehead atoms. The van der Waals surface area contributed by atoms with E-state index < -0.39 is 0 Å². The maximum atomic E-state index is 2.34. The lowest BCUT2D eigenvalue weighted by atomic mass is 9.62. The van der Waals surface area contributed by atoms with Gasteiger partial charge in [0, 0.05) is 5.41 Å². The van der Waals surface area contributed by atoms with E-state index in [2.05, 4.69) is 69.3 Å². The normalized spacial score (nSPS) is 27.9. The van der Waals surface area contributed by atoms with Crippen LogP contribution < -0.4 is 0 Å². The van der Waals surface area contributed by atoms with Crippen molar-refractivity contribution in [3.05, 3.63) is 59.7 Å². The van der Waals surface area contributed by atoms with E-state index in [4.69, 9.17) is 0 Å². The molecule has 1 aromatic rings. The Hall–Kier alpha value is -1.30. The second-order valence-corrected chi connectivity index (χ2v) is 5.11. The van der Waals surface area contributed by atoms with Gasteiger partial charge in [-0.25, -0.2) is 0 Å². The number of allylic oxidation sites excluding steroid dienone is 4. The Labute approximate surface area is 105 Å². The highest BCUT2D eigenvalue weighted by Gasteiger charge is 2.38. The van der Waals surface area contributed by atoms with Gasteiger partial charge in [0.25, 0.3) is 0 Å². The van der Waals surface area contributed by atoms with Crippen molar-refractivity contribution in [3.8, 4) is 0 Å². The van der Waals surface area contributed by atoms with E-state index in [0.717, 1.165) is 0 Å². The van der Waals surface area contributed by atoms with Crippen molar-refractivity contribution in [1.29, 1.82) is 0 Å². The van der Waals surface area contributed by atoms with Crippen molar-refractivity contribution in [3.63, 3.8) is 0 Å². The molecule has 1 aliphatic rings. The molecule has 1 aliphatic carbocycles. The summed E-state index contributed by atoms with van der Waals surface area (Å²) < 4.78 is 0. The van der Waals surface area contributed by atoms with E-state index in [9.17, 15) is 0 Å². The van der Waals surface area contributed by atoms with Gasteiger partial charge in [0.2, 0.25) is 0 Å². The Morgan fingerprint density at radius 2 is 1.88 bits per heavy atom. The lowest BCUT2D eigenvalue weighted by Crippen LogP contribution is -2.35. The van der Waals surface area contributed by atoms with Crippen molar-refractivity contribution < 1.29 is 0 Å². The first-order valence-corrected chi connectivity index (χ1v) is 6.63. The maximum Gasteiger partial charge on any atom is 0.0222 e. The zero-order chi connectivity index (χ0) is 12.3. The molecule has 0 N–H and O–H groups in total. The van der Waals surface area contributed by atoms with E-state index in [-0.39, 0.29) is 5.41 Å². The molecule has 0 spiro atoms. The fourth-order valence-electron chi connectivity index (χ4n) is 3.23. The van der Waals surface area contributed by atoms with Crippen molar-refractivity contribution in [1.82, 2.24) is 0 Å². The van der Waals surface area contributed by atoms with Crippen LogP contribution in [0, 0.1) is 5.92 Å². The van der Waals surface area contributed by atoms with Crippen molar-refractivity contribution in [2.75, 3.05) is 0 Å². The summed E-state index contributed by atoms with van der Waals surface area (Å²) in [5, 5.41) is 0. The molecule has 2 atom stereocenters. The number of benzene rings is 1. The zero-order valence-electron chi connectivity index (χ0n) is 11.1. The first-order valence-electron chi connectivity index (χ1n) is 6.63. The number of hydrogen-bond donors (Lipinski definition) is 0. The second kappa shape index (κ2) is 4.91. The molecule has 2 rings (SSSR count). The van der Waals surface area contributed by atoms with Gasteiger partial charge in [0.15, 0.2) is 0 Å². The molecular formula is C17H22. The Morgan fingerprint density at radius 1 is 1.18 bits per heavy atom. The summed E-state index contributed by atoms with van der Waals surface area (Å²) in [6.07, 6.45) is 9.28. The standard InChI is InChI=1S/C17H22/c1-4-13-17(16-11-6-5-7-12-16)14(2)9-8-10-15(17)3/h5-12,14H,4,13H2,1-3H3. The summed E-state index contributed by atoms with van der Waals surface area (Å²) >= 11 is 0. The summed E-state index contributed by atoms with van der Waals surface area (Å²) in [5.41, 5.74) is 3.18. The van der Waals surface area contributed by atoms with E-state index in [1.165, 1.54) is 24.0 Å². The van der Waals surface area contributed by atoms with Gasteiger partial charge in [-0.05, 0) is 24.8 Å². The van der Waals surface area contributed by atoms with Crippen molar-refractivity contribution >= 4 is 0 Å². The fourth-order valence-corrected chi connectivity index (χ4v) is 3.23. The van der Waals surface area contributed by atoms with Crippen LogP contribution in [0.5, 0.6) is 0 Å². The van der Waals surface area contributed by atoms with E-state index in [1.807, 2.05) is 0 Å². The van der Waals surface area contributed by atoms with Crippen LogP contribution in [-0.4, -0.2) is 0 Å². The Balaban J connectivity index is 2.53. The molecule has 0 heteroatoms. The number of hydrogen-bond acceptors (Lipinski definition) is 0. The van der Waals surface area contributed by atoms with E-state index in [0.29, 0.717) is 5.92 Å². The van der Waals surface area contributed by atoms with Crippen LogP contribution in [0.1, 0.15) is 39.2 Å². The van der Waals surface area contributed by atoms with Crippen LogP contribution in [0.3, 0.4) is 0 Å². The average Bonchev–Trinajstić information content (AvgIpc) is 2.35. The van der Waals surface area contributed by atoms with Crippen LogP contribution in [-0.2, 0) is 5.41 Å². The Kier molecular flexibility index (Phi) is 3.51. The summed E-state index contributed by atoms with van der Waals surface area (Å²) in [6, 6.07) is 11.0. The van der Waals surface area contributed by atoms with E-state index in [1.54, 1.807) is 0 Å². The highest BCUT2D eigenvalue weighted by atomic mass is 14.4. The monoisotopic (exact) mass is 226 g/mol. The van der Waals surface area contributed by atoms with Gasteiger partial charge < -0.3 is 0 Å². The predicted octanol–water partition coefficient (Wildman–Crippen LogP) is 4.88. The van der Waals surface area contributed by atoms with Gasteiger partial charge >= 0.3 is 0 Å². The van der Waals surface area contributed by atoms with Gasteiger partial charge in [-0.15, -0.1) is 0 Å². The molecule has 0 saturated carbocycles. The molecule has 17 heavy (non-hydrogen) atoms. The van der Waals surface area contributed by atoms with Crippen LogP contribution in [0.4, 0.5) is 0 Å². The summed E-state index contributed by atoms with van der Waals surface area (Å²) in [5.74, 6) is 0.579. The molecule has 0 aliphatic heterocycles. The third kappa shape index (κ3) is 1.97. The van der Waals surface area contributed by atoms with Gasteiger partial charge in [0.1, 0.15) is 0 Å². The quantitative estimate of drug-likeness (QED) is 0.689. The first kappa shape index (κ1) is 12.2. The minimum atomic E-state index is 0.213. The Morgan fingerprint density at radius 3 is 2.47 bits per heavy atom. The molecule has 2 unspecified atom stereocenters. The third-order valence-electron chi connectivity index (χ3n) is 4.16. The lowest BCUT2D eigenvalue weighted by molar-refractivity contribution is 0.360. The van der Waals surface area contributed by atoms with E-state index >= 15 is 0 Å². The summed E-state index contributed by atoms with van der Waals surface area (Å²) in [4.78, 5) is 0. The van der Waals surface area contributed by atoms with Crippen LogP contribution in [0.15, 0.2) is 54.1 Å². The molecule has 0 nitrogen and oxygen atoms in total. The topological polar surface area (TPSA) is 0 Å². The fraction of sp³-hybridized carbons (Fsp3) is 0.412. The van der Waals surface area contributed by atoms with Crippen LogP contribution in [0.25, 0.3) is 0 Å². The molecule has 0 radical (unpaired) electrons. The minimum Gasteiger partial charge on any atom is -0.0805 e. The molecule has 0 amide bonds. The van der Waals surface area contributed by atoms with Crippen LogP contribution >= 0.6 is 0 Å². The SMILES string of the molecule is CCCC1(c2ccccc2)C(C)=CC=CC1C.